The Morgan fingerprint density at radius 1 is 0.763 bits per heavy atom. The van der Waals surface area contributed by atoms with Crippen LogP contribution in [0.25, 0.3) is 33.9 Å². The number of benzene rings is 3. The molecule has 0 amide bonds. The highest BCUT2D eigenvalue weighted by Crippen LogP contribution is 2.38. The van der Waals surface area contributed by atoms with Crippen LogP contribution >= 0.6 is 15.9 Å². The minimum atomic E-state index is 0.266. The number of aromatic nitrogens is 2. The number of imidazole rings is 1. The van der Waals surface area contributed by atoms with Crippen molar-refractivity contribution in [1.29, 1.82) is 0 Å². The van der Waals surface area contributed by atoms with E-state index in [-0.39, 0.29) is 5.75 Å². The normalized spacial score (nSPS) is 11.1. The molecular formula is C31H38BBrN4O. The topological polar surface area (TPSA) is 44.5 Å². The van der Waals surface area contributed by atoms with Crippen molar-refractivity contribution in [2.45, 2.75) is 41.2 Å². The summed E-state index contributed by atoms with van der Waals surface area (Å²) in [6, 6.07) is 21.6. The SMILES string of the molecule is Bc1cc(-c2nc(-c3ccc(N(CC)CC)cc3)c(-c3ccc(N(CC)CC)cc3)n2CC)cc(Br)c1O. The van der Waals surface area contributed by atoms with Gasteiger partial charge in [-0.2, -0.15) is 0 Å². The third-order valence-corrected chi connectivity index (χ3v) is 7.94. The number of aromatic hydroxyl groups is 1. The number of rotatable bonds is 10. The first kappa shape index (κ1) is 27.8. The van der Waals surface area contributed by atoms with Gasteiger partial charge in [-0.15, -0.1) is 0 Å². The maximum Gasteiger partial charge on any atom is 0.144 e. The number of phenolic OH excluding ortho intramolecular Hbond substituents is 1. The zero-order chi connectivity index (χ0) is 27.4. The van der Waals surface area contributed by atoms with Crippen LogP contribution in [0.15, 0.2) is 65.1 Å². The number of halogens is 1. The van der Waals surface area contributed by atoms with Crippen LogP contribution in [0.2, 0.25) is 0 Å². The summed E-state index contributed by atoms with van der Waals surface area (Å²) < 4.78 is 2.96. The zero-order valence-corrected chi connectivity index (χ0v) is 25.0. The van der Waals surface area contributed by atoms with E-state index in [4.69, 9.17) is 4.98 Å². The molecule has 4 rings (SSSR count). The Balaban J connectivity index is 1.92. The van der Waals surface area contributed by atoms with Gasteiger partial charge in [-0.1, -0.05) is 30.3 Å². The van der Waals surface area contributed by atoms with Crippen molar-refractivity contribution in [1.82, 2.24) is 9.55 Å². The van der Waals surface area contributed by atoms with Crippen LogP contribution in [-0.2, 0) is 6.54 Å². The summed E-state index contributed by atoms with van der Waals surface area (Å²) in [5.74, 6) is 1.16. The van der Waals surface area contributed by atoms with E-state index in [0.29, 0.717) is 4.47 Å². The molecule has 0 saturated carbocycles. The highest BCUT2D eigenvalue weighted by Gasteiger charge is 2.22. The van der Waals surface area contributed by atoms with E-state index in [9.17, 15) is 5.11 Å². The molecule has 0 bridgehead atoms. The summed E-state index contributed by atoms with van der Waals surface area (Å²) in [4.78, 5) is 9.96. The molecule has 0 unspecified atom stereocenters. The molecule has 38 heavy (non-hydrogen) atoms. The summed E-state index contributed by atoms with van der Waals surface area (Å²) in [6.07, 6.45) is 0. The molecule has 0 saturated heterocycles. The Bertz CT molecular complexity index is 1350. The first-order chi connectivity index (χ1) is 18.4. The first-order valence-electron chi connectivity index (χ1n) is 13.7. The van der Waals surface area contributed by atoms with E-state index in [1.54, 1.807) is 0 Å². The van der Waals surface area contributed by atoms with Gasteiger partial charge in [-0.3, -0.25) is 0 Å². The van der Waals surface area contributed by atoms with Gasteiger partial charge in [-0.25, -0.2) is 4.98 Å². The zero-order valence-electron chi connectivity index (χ0n) is 23.4. The molecule has 0 fully saturated rings. The number of nitrogens with zero attached hydrogens (tertiary/aromatic N) is 4. The van der Waals surface area contributed by atoms with Crippen LogP contribution in [-0.4, -0.2) is 48.7 Å². The molecule has 4 aromatic rings. The molecule has 5 nitrogen and oxygen atoms in total. The van der Waals surface area contributed by atoms with E-state index in [2.05, 4.69) is 113 Å². The van der Waals surface area contributed by atoms with E-state index >= 15 is 0 Å². The van der Waals surface area contributed by atoms with Crippen LogP contribution in [0.5, 0.6) is 5.75 Å². The molecule has 1 heterocycles. The lowest BCUT2D eigenvalue weighted by atomic mass is 9.93. The summed E-state index contributed by atoms with van der Waals surface area (Å²) in [5, 5.41) is 10.4. The number of phenols is 1. The summed E-state index contributed by atoms with van der Waals surface area (Å²) in [7, 11) is 1.92. The van der Waals surface area contributed by atoms with Gasteiger partial charge in [0.15, 0.2) is 0 Å². The lowest BCUT2D eigenvalue weighted by molar-refractivity contribution is 0.476. The largest absolute Gasteiger partial charge is 0.507 e. The first-order valence-corrected chi connectivity index (χ1v) is 14.5. The third-order valence-electron chi connectivity index (χ3n) is 7.33. The minimum absolute atomic E-state index is 0.266. The fourth-order valence-corrected chi connectivity index (χ4v) is 5.74. The predicted molar refractivity (Wildman–Crippen MR) is 169 cm³/mol. The molecule has 0 radical (unpaired) electrons. The standard InChI is InChI=1S/C31H38BBrN4O/c1-6-35(7-2)24-15-11-21(12-16-24)28-29(22-13-17-25(18-14-22)36(8-3)9-4)37(10-5)31(34-28)23-19-26(32)30(38)27(33)20-23/h11-20,38H,6-10,32H2,1-5H3. The van der Waals surface area contributed by atoms with E-state index in [1.165, 1.54) is 11.4 Å². The molecule has 3 aromatic carbocycles. The van der Waals surface area contributed by atoms with Gasteiger partial charge >= 0.3 is 0 Å². The molecule has 1 N–H and O–H groups in total. The number of hydrogen-bond donors (Lipinski definition) is 1. The molecule has 0 aliphatic carbocycles. The van der Waals surface area contributed by atoms with Crippen molar-refractivity contribution in [2.75, 3.05) is 36.0 Å². The fourth-order valence-electron chi connectivity index (χ4n) is 5.18. The molecule has 0 aliphatic rings. The van der Waals surface area contributed by atoms with Gasteiger partial charge in [0.1, 0.15) is 19.4 Å². The van der Waals surface area contributed by atoms with E-state index < -0.39 is 0 Å². The van der Waals surface area contributed by atoms with Crippen molar-refractivity contribution in [3.63, 3.8) is 0 Å². The van der Waals surface area contributed by atoms with E-state index in [0.717, 1.165) is 72.1 Å². The van der Waals surface area contributed by atoms with Gasteiger partial charge in [-0.05, 0) is 86.3 Å². The molecule has 0 atom stereocenters. The van der Waals surface area contributed by atoms with Crippen LogP contribution in [0.4, 0.5) is 11.4 Å². The van der Waals surface area contributed by atoms with Crippen molar-refractivity contribution in [3.05, 3.63) is 65.1 Å². The molecule has 7 heteroatoms. The predicted octanol–water partition coefficient (Wildman–Crippen LogP) is 6.32. The van der Waals surface area contributed by atoms with Crippen LogP contribution < -0.4 is 15.3 Å². The van der Waals surface area contributed by atoms with Crippen molar-refractivity contribution >= 4 is 40.6 Å². The Kier molecular flexibility index (Phi) is 8.88. The molecule has 198 valence electrons. The second-order valence-electron chi connectivity index (χ2n) is 9.44. The molecular weight excluding hydrogens is 535 g/mol. The van der Waals surface area contributed by atoms with Crippen molar-refractivity contribution < 1.29 is 5.11 Å². The minimum Gasteiger partial charge on any atom is -0.507 e. The van der Waals surface area contributed by atoms with Crippen molar-refractivity contribution in [3.8, 4) is 39.7 Å². The van der Waals surface area contributed by atoms with Gasteiger partial charge in [0.2, 0.25) is 0 Å². The monoisotopic (exact) mass is 572 g/mol. The maximum atomic E-state index is 10.4. The van der Waals surface area contributed by atoms with Crippen LogP contribution in [0.3, 0.4) is 0 Å². The Morgan fingerprint density at radius 3 is 1.71 bits per heavy atom. The van der Waals surface area contributed by atoms with E-state index in [1.807, 2.05) is 20.0 Å². The average Bonchev–Trinajstić information content (AvgIpc) is 3.33. The molecule has 1 aromatic heterocycles. The smallest absolute Gasteiger partial charge is 0.144 e. The van der Waals surface area contributed by atoms with Crippen LogP contribution in [0.1, 0.15) is 34.6 Å². The fraction of sp³-hybridized carbons (Fsp3) is 0.323. The van der Waals surface area contributed by atoms with Crippen molar-refractivity contribution in [2.24, 2.45) is 0 Å². The lowest BCUT2D eigenvalue weighted by Crippen LogP contribution is -2.21. The third kappa shape index (κ3) is 5.35. The quantitative estimate of drug-likeness (QED) is 0.226. The highest BCUT2D eigenvalue weighted by molar-refractivity contribution is 9.10. The Morgan fingerprint density at radius 2 is 1.26 bits per heavy atom. The van der Waals surface area contributed by atoms with Gasteiger partial charge in [0.25, 0.3) is 0 Å². The van der Waals surface area contributed by atoms with Gasteiger partial charge in [0.05, 0.1) is 15.9 Å². The second kappa shape index (κ2) is 12.1. The lowest BCUT2D eigenvalue weighted by Gasteiger charge is -2.21. The number of hydrogen-bond acceptors (Lipinski definition) is 4. The maximum absolute atomic E-state index is 10.4. The summed E-state index contributed by atoms with van der Waals surface area (Å²) in [6.45, 7) is 15.6. The van der Waals surface area contributed by atoms with Gasteiger partial charge in [0, 0.05) is 60.8 Å². The average molecular weight is 573 g/mol. The Hall–Kier alpha value is -3.19. The summed E-state index contributed by atoms with van der Waals surface area (Å²) in [5.41, 5.74) is 8.53. The number of anilines is 2. The molecule has 0 aliphatic heterocycles. The second-order valence-corrected chi connectivity index (χ2v) is 10.3. The highest BCUT2D eigenvalue weighted by atomic mass is 79.9. The van der Waals surface area contributed by atoms with Gasteiger partial charge < -0.3 is 19.5 Å². The summed E-state index contributed by atoms with van der Waals surface area (Å²) >= 11 is 3.53. The van der Waals surface area contributed by atoms with Crippen LogP contribution in [0, 0.1) is 0 Å². The Labute approximate surface area is 236 Å². The molecule has 0 spiro atoms.